The van der Waals surface area contributed by atoms with Gasteiger partial charge in [0.1, 0.15) is 11.0 Å². The number of thiazole rings is 1. The second kappa shape index (κ2) is 10.3. The average molecular weight is 617 g/mol. The Balaban J connectivity index is 1.19. The molecule has 4 heterocycles. The number of amides is 1. The molecule has 1 aliphatic heterocycles. The van der Waals surface area contributed by atoms with Crippen LogP contribution in [0.1, 0.15) is 40.3 Å². The van der Waals surface area contributed by atoms with Crippen molar-refractivity contribution < 1.29 is 31.5 Å². The zero-order valence-electron chi connectivity index (χ0n) is 23.1. The normalized spacial score (nSPS) is 19.8. The number of fused-ring (bicyclic) bond motifs is 1. The van der Waals surface area contributed by atoms with E-state index in [1.807, 2.05) is 0 Å². The Hall–Kier alpha value is -4.04. The first-order valence-electron chi connectivity index (χ1n) is 13.3. The monoisotopic (exact) mass is 616 g/mol. The summed E-state index contributed by atoms with van der Waals surface area (Å²) in [7, 11) is 0. The van der Waals surface area contributed by atoms with Gasteiger partial charge in [-0.2, -0.15) is 13.2 Å². The number of hydrogen-bond donors (Lipinski definition) is 1. The molecule has 0 spiro atoms. The molecule has 1 unspecified atom stereocenters. The smallest absolute Gasteiger partial charge is 0.419 e. The first-order valence-corrected chi connectivity index (χ1v) is 14.1. The Morgan fingerprint density at radius 3 is 2.35 bits per heavy atom. The number of likely N-dealkylation sites (tertiary alicyclic amines) is 1. The lowest BCUT2D eigenvalue weighted by Gasteiger charge is -2.22. The van der Waals surface area contributed by atoms with E-state index in [1.165, 1.54) is 17.4 Å². The van der Waals surface area contributed by atoms with Gasteiger partial charge in [0.15, 0.2) is 22.5 Å². The van der Waals surface area contributed by atoms with Gasteiger partial charge in [-0.3, -0.25) is 4.79 Å². The lowest BCUT2D eigenvalue weighted by atomic mass is 9.94. The van der Waals surface area contributed by atoms with Gasteiger partial charge >= 0.3 is 6.18 Å². The van der Waals surface area contributed by atoms with Crippen LogP contribution in [-0.4, -0.2) is 49.9 Å². The minimum absolute atomic E-state index is 0.0224. The van der Waals surface area contributed by atoms with Crippen LogP contribution in [0.5, 0.6) is 5.88 Å². The summed E-state index contributed by atoms with van der Waals surface area (Å²) in [6.07, 6.45) is -2.13. The number of hydrogen-bond acceptors (Lipinski definition) is 8. The number of rotatable bonds is 6. The van der Waals surface area contributed by atoms with Crippen LogP contribution >= 0.6 is 11.3 Å². The zero-order chi connectivity index (χ0) is 30.8. The second-order valence-electron chi connectivity index (χ2n) is 11.2. The summed E-state index contributed by atoms with van der Waals surface area (Å²) in [5.41, 5.74) is 4.10. The zero-order valence-corrected chi connectivity index (χ0v) is 23.9. The molecule has 0 bridgehead atoms. The fraction of sp³-hybridized carbons (Fsp3) is 0.345. The van der Waals surface area contributed by atoms with Crippen molar-refractivity contribution in [1.82, 2.24) is 24.8 Å². The van der Waals surface area contributed by atoms with Crippen molar-refractivity contribution in [3.8, 4) is 28.0 Å². The summed E-state index contributed by atoms with van der Waals surface area (Å²) in [6.45, 7) is 6.02. The highest BCUT2D eigenvalue weighted by Crippen LogP contribution is 2.49. The summed E-state index contributed by atoms with van der Waals surface area (Å²) >= 11 is 1.23. The SMILES string of the molecule is Cc1nc(-c2ncccn2)sc1C(=O)N1C[C@@H]2C(Oc3cc(C(C)(C)N)cc(-c4ccc(C(F)(F)F)c(F)c4F)n3)[C@@H]2C1. The van der Waals surface area contributed by atoms with Crippen LogP contribution in [0.3, 0.4) is 0 Å². The van der Waals surface area contributed by atoms with Crippen LogP contribution in [0.25, 0.3) is 22.1 Å². The molecule has 2 fully saturated rings. The maximum Gasteiger partial charge on any atom is 0.419 e. The van der Waals surface area contributed by atoms with Gasteiger partial charge in [-0.15, -0.1) is 11.3 Å². The van der Waals surface area contributed by atoms with Gasteiger partial charge in [0, 0.05) is 54.5 Å². The Kier molecular flexibility index (Phi) is 6.96. The van der Waals surface area contributed by atoms with Crippen LogP contribution < -0.4 is 10.5 Å². The van der Waals surface area contributed by atoms with Crippen LogP contribution in [0, 0.1) is 30.4 Å². The summed E-state index contributed by atoms with van der Waals surface area (Å²) < 4.78 is 74.6. The number of piperidine rings is 1. The lowest BCUT2D eigenvalue weighted by Crippen LogP contribution is -2.33. The molecule has 1 amide bonds. The second-order valence-corrected chi connectivity index (χ2v) is 12.2. The largest absolute Gasteiger partial charge is 0.474 e. The Morgan fingerprint density at radius 2 is 1.72 bits per heavy atom. The molecule has 1 aliphatic carbocycles. The highest BCUT2D eigenvalue weighted by Gasteiger charge is 2.59. The van der Waals surface area contributed by atoms with Crippen LogP contribution in [0.4, 0.5) is 22.0 Å². The molecule has 0 radical (unpaired) electrons. The van der Waals surface area contributed by atoms with E-state index in [0.717, 1.165) is 6.07 Å². The summed E-state index contributed by atoms with van der Waals surface area (Å²) in [5.74, 6) is -3.25. The van der Waals surface area contributed by atoms with Crippen molar-refractivity contribution in [2.45, 2.75) is 38.6 Å². The summed E-state index contributed by atoms with van der Waals surface area (Å²) in [4.78, 5) is 32.7. The first-order chi connectivity index (χ1) is 20.2. The lowest BCUT2D eigenvalue weighted by molar-refractivity contribution is -0.140. The van der Waals surface area contributed by atoms with Gasteiger partial charge in [-0.1, -0.05) is 0 Å². The highest BCUT2D eigenvalue weighted by molar-refractivity contribution is 7.17. The molecule has 14 heteroatoms. The Morgan fingerprint density at radius 1 is 1.05 bits per heavy atom. The Bertz CT molecular complexity index is 1710. The number of aromatic nitrogens is 4. The molecule has 3 aromatic heterocycles. The van der Waals surface area contributed by atoms with E-state index in [2.05, 4.69) is 19.9 Å². The van der Waals surface area contributed by atoms with E-state index in [9.17, 15) is 26.7 Å². The van der Waals surface area contributed by atoms with Crippen molar-refractivity contribution in [3.05, 3.63) is 76.1 Å². The molecule has 4 aromatic rings. The van der Waals surface area contributed by atoms with Crippen LogP contribution in [0.15, 0.2) is 42.7 Å². The number of nitrogens with two attached hydrogens (primary N) is 1. The molecule has 1 saturated heterocycles. The van der Waals surface area contributed by atoms with Gasteiger partial charge in [0.05, 0.1) is 17.0 Å². The summed E-state index contributed by atoms with van der Waals surface area (Å²) in [5, 5.41) is 0.556. The predicted molar refractivity (Wildman–Crippen MR) is 147 cm³/mol. The van der Waals surface area contributed by atoms with Gasteiger partial charge in [-0.25, -0.2) is 28.7 Å². The van der Waals surface area contributed by atoms with Crippen molar-refractivity contribution in [2.75, 3.05) is 13.1 Å². The molecule has 224 valence electrons. The minimum atomic E-state index is -5.05. The molecule has 2 N–H and O–H groups in total. The third-order valence-electron chi connectivity index (χ3n) is 7.62. The van der Waals surface area contributed by atoms with Gasteiger partial charge in [0.2, 0.25) is 5.88 Å². The molecule has 8 nitrogen and oxygen atoms in total. The first kappa shape index (κ1) is 29.1. The molecule has 2 aliphatic rings. The maximum absolute atomic E-state index is 14.9. The molecular weight excluding hydrogens is 591 g/mol. The molecule has 3 atom stereocenters. The summed E-state index contributed by atoms with van der Waals surface area (Å²) in [6, 6.07) is 5.99. The average Bonchev–Trinajstić information content (AvgIpc) is 3.26. The number of carbonyl (C=O) groups is 1. The quantitative estimate of drug-likeness (QED) is 0.281. The topological polar surface area (TPSA) is 107 Å². The number of halogens is 5. The van der Waals surface area contributed by atoms with Crippen molar-refractivity contribution in [3.63, 3.8) is 0 Å². The third-order valence-corrected chi connectivity index (χ3v) is 8.76. The standard InChI is InChI=1S/C29H25F5N6O2S/c1-13-24(43-26(38-13)25-36-7-4-8-37-25)27(41)40-11-16-17(12-40)23(16)42-20-10-14(28(2,3)35)9-19(39-20)15-5-6-18(29(32,33)34)22(31)21(15)30/h4-10,16-17,23H,11-12,35H2,1-3H3/t16-,17+,23?. The third kappa shape index (κ3) is 5.44. The van der Waals surface area contributed by atoms with Crippen molar-refractivity contribution >= 4 is 17.2 Å². The van der Waals surface area contributed by atoms with Crippen molar-refractivity contribution in [2.24, 2.45) is 17.6 Å². The number of benzene rings is 1. The number of nitrogens with zero attached hydrogens (tertiary/aromatic N) is 5. The fourth-order valence-corrected chi connectivity index (χ4v) is 6.22. The van der Waals surface area contributed by atoms with E-state index >= 15 is 0 Å². The number of pyridine rings is 1. The van der Waals surface area contributed by atoms with Crippen molar-refractivity contribution in [1.29, 1.82) is 0 Å². The van der Waals surface area contributed by atoms with E-state index in [4.69, 9.17) is 10.5 Å². The number of ether oxygens (including phenoxy) is 1. The van der Waals surface area contributed by atoms with Crippen LogP contribution in [0.2, 0.25) is 0 Å². The molecule has 6 rings (SSSR count). The molecule has 1 saturated carbocycles. The van der Waals surface area contributed by atoms with Crippen LogP contribution in [-0.2, 0) is 11.7 Å². The van der Waals surface area contributed by atoms with Gasteiger partial charge in [0.25, 0.3) is 5.91 Å². The molecular formula is C29H25F5N6O2S. The number of aryl methyl sites for hydroxylation is 1. The van der Waals surface area contributed by atoms with Gasteiger partial charge in [-0.05, 0) is 50.6 Å². The number of carbonyl (C=O) groups excluding carboxylic acids is 1. The molecule has 1 aromatic carbocycles. The van der Waals surface area contributed by atoms with E-state index in [-0.39, 0.29) is 35.4 Å². The van der Waals surface area contributed by atoms with E-state index in [0.29, 0.717) is 46.1 Å². The highest BCUT2D eigenvalue weighted by atomic mass is 32.1. The minimum Gasteiger partial charge on any atom is -0.474 e. The Labute approximate surface area is 246 Å². The maximum atomic E-state index is 14.9. The van der Waals surface area contributed by atoms with E-state index < -0.39 is 34.5 Å². The fourth-order valence-electron chi connectivity index (χ4n) is 5.24. The molecule has 43 heavy (non-hydrogen) atoms. The number of alkyl halides is 3. The van der Waals surface area contributed by atoms with Gasteiger partial charge < -0.3 is 15.4 Å². The predicted octanol–water partition coefficient (Wildman–Crippen LogP) is 5.61. The van der Waals surface area contributed by atoms with E-state index in [1.54, 1.807) is 50.2 Å².